The first-order valence-electron chi connectivity index (χ1n) is 5.15. The Morgan fingerprint density at radius 2 is 1.86 bits per heavy atom. The van der Waals surface area contributed by atoms with Gasteiger partial charge in [0.15, 0.2) is 0 Å². The molecule has 0 amide bonds. The number of rotatable bonds is 5. The van der Waals surface area contributed by atoms with Gasteiger partial charge in [-0.2, -0.15) is 0 Å². The normalized spacial score (nSPS) is 11.9. The Bertz CT molecular complexity index is 134. The van der Waals surface area contributed by atoms with Crippen molar-refractivity contribution in [3.63, 3.8) is 0 Å². The first-order valence-corrected chi connectivity index (χ1v) is 5.15. The Morgan fingerprint density at radius 3 is 1.93 bits per heavy atom. The predicted octanol–water partition coefficient (Wildman–Crippen LogP) is 1.19. The Labute approximate surface area is 86.7 Å². The highest BCUT2D eigenvalue weighted by Gasteiger charge is 2.14. The highest BCUT2D eigenvalue weighted by atomic mass is 16.4. The van der Waals surface area contributed by atoms with Crippen molar-refractivity contribution >= 4 is 5.97 Å². The fraction of sp³-hybridized carbons (Fsp3) is 0.900. The van der Waals surface area contributed by atoms with Gasteiger partial charge < -0.3 is 16.6 Å². The maximum atomic E-state index is 10.0. The summed E-state index contributed by atoms with van der Waals surface area (Å²) in [6.45, 7) is 6.58. The summed E-state index contributed by atoms with van der Waals surface area (Å²) in [6, 6.07) is -0.713. The fourth-order valence-corrected chi connectivity index (χ4v) is 0.679. The van der Waals surface area contributed by atoms with E-state index in [0.29, 0.717) is 0 Å². The fourth-order valence-electron chi connectivity index (χ4n) is 0.679. The van der Waals surface area contributed by atoms with Gasteiger partial charge in [0.05, 0.1) is 0 Å². The standard InChI is InChI=1S/C5H11NO2.C5H13N/c1-3(2)4(6)5(7)8;1-2-3-4-5-6/h3-4H,6H2,1-2H3,(H,7,8);2-6H2,1H3. The highest BCUT2D eigenvalue weighted by Crippen LogP contribution is 1.96. The minimum atomic E-state index is -0.931. The van der Waals surface area contributed by atoms with E-state index in [9.17, 15) is 4.79 Å². The first kappa shape index (κ1) is 15.8. The molecule has 0 aromatic heterocycles. The summed E-state index contributed by atoms with van der Waals surface area (Å²) in [5.41, 5.74) is 10.4. The van der Waals surface area contributed by atoms with Gasteiger partial charge in [0.2, 0.25) is 0 Å². The number of hydrogen-bond donors (Lipinski definition) is 3. The lowest BCUT2D eigenvalue weighted by atomic mass is 10.1. The molecule has 4 nitrogen and oxygen atoms in total. The summed E-state index contributed by atoms with van der Waals surface area (Å²) in [4.78, 5) is 10.0. The lowest BCUT2D eigenvalue weighted by Crippen LogP contribution is -2.34. The molecular formula is C10H24N2O2. The van der Waals surface area contributed by atoms with Gasteiger partial charge in [0.25, 0.3) is 0 Å². The van der Waals surface area contributed by atoms with Crippen molar-refractivity contribution in [2.45, 2.75) is 46.1 Å². The highest BCUT2D eigenvalue weighted by molar-refractivity contribution is 5.73. The number of aliphatic carboxylic acids is 1. The number of carboxylic acid groups (broad SMARTS) is 1. The van der Waals surface area contributed by atoms with Crippen LogP contribution in [0.25, 0.3) is 0 Å². The number of unbranched alkanes of at least 4 members (excludes halogenated alkanes) is 2. The molecule has 0 aromatic carbocycles. The van der Waals surface area contributed by atoms with Crippen LogP contribution in [0.15, 0.2) is 0 Å². The van der Waals surface area contributed by atoms with E-state index >= 15 is 0 Å². The van der Waals surface area contributed by atoms with E-state index in [-0.39, 0.29) is 5.92 Å². The summed E-state index contributed by atoms with van der Waals surface area (Å²) < 4.78 is 0. The molecular weight excluding hydrogens is 180 g/mol. The second-order valence-electron chi connectivity index (χ2n) is 3.60. The van der Waals surface area contributed by atoms with Crippen molar-refractivity contribution in [1.29, 1.82) is 0 Å². The molecule has 4 heteroatoms. The zero-order valence-electron chi connectivity index (χ0n) is 9.49. The van der Waals surface area contributed by atoms with Gasteiger partial charge >= 0.3 is 5.97 Å². The topological polar surface area (TPSA) is 89.3 Å². The van der Waals surface area contributed by atoms with Gasteiger partial charge in [-0.3, -0.25) is 4.79 Å². The third kappa shape index (κ3) is 11.4. The van der Waals surface area contributed by atoms with Crippen LogP contribution in [0, 0.1) is 5.92 Å². The molecule has 0 heterocycles. The maximum absolute atomic E-state index is 10.0. The minimum absolute atomic E-state index is 0.0208. The van der Waals surface area contributed by atoms with Crippen LogP contribution < -0.4 is 11.5 Å². The van der Waals surface area contributed by atoms with Gasteiger partial charge in [0, 0.05) is 0 Å². The molecule has 14 heavy (non-hydrogen) atoms. The summed E-state index contributed by atoms with van der Waals surface area (Å²) >= 11 is 0. The average molecular weight is 204 g/mol. The van der Waals surface area contributed by atoms with Crippen LogP contribution >= 0.6 is 0 Å². The van der Waals surface area contributed by atoms with Crippen LogP contribution in [-0.4, -0.2) is 23.7 Å². The van der Waals surface area contributed by atoms with Crippen LogP contribution in [0.2, 0.25) is 0 Å². The Kier molecular flexibility index (Phi) is 11.9. The molecule has 0 aromatic rings. The Morgan fingerprint density at radius 1 is 1.36 bits per heavy atom. The SMILES string of the molecule is CC(C)C(N)C(=O)O.CCCCCN. The van der Waals surface area contributed by atoms with Gasteiger partial charge in [-0.25, -0.2) is 0 Å². The molecule has 0 bridgehead atoms. The van der Waals surface area contributed by atoms with Crippen molar-refractivity contribution < 1.29 is 9.90 Å². The predicted molar refractivity (Wildman–Crippen MR) is 59.0 cm³/mol. The zero-order valence-corrected chi connectivity index (χ0v) is 9.49. The van der Waals surface area contributed by atoms with Crippen molar-refractivity contribution in [3.8, 4) is 0 Å². The molecule has 0 radical (unpaired) electrons. The van der Waals surface area contributed by atoms with Crippen LogP contribution in [0.4, 0.5) is 0 Å². The van der Waals surface area contributed by atoms with Crippen molar-refractivity contribution in [2.75, 3.05) is 6.54 Å². The van der Waals surface area contributed by atoms with E-state index in [1.54, 1.807) is 13.8 Å². The number of hydrogen-bond acceptors (Lipinski definition) is 3. The van der Waals surface area contributed by atoms with Gasteiger partial charge in [0.1, 0.15) is 6.04 Å². The van der Waals surface area contributed by atoms with E-state index in [2.05, 4.69) is 6.92 Å². The summed E-state index contributed by atoms with van der Waals surface area (Å²) in [5.74, 6) is -0.910. The van der Waals surface area contributed by atoms with Crippen molar-refractivity contribution in [2.24, 2.45) is 17.4 Å². The van der Waals surface area contributed by atoms with E-state index in [1.165, 1.54) is 19.3 Å². The summed E-state index contributed by atoms with van der Waals surface area (Å²) in [5, 5.41) is 8.23. The molecule has 5 N–H and O–H groups in total. The quantitative estimate of drug-likeness (QED) is 0.587. The third-order valence-electron chi connectivity index (χ3n) is 1.81. The average Bonchev–Trinajstić information content (AvgIpc) is 2.14. The number of carboxylic acids is 1. The van der Waals surface area contributed by atoms with E-state index in [0.717, 1.165) is 6.54 Å². The Balaban J connectivity index is 0. The molecule has 0 aliphatic rings. The molecule has 0 aliphatic carbocycles. The van der Waals surface area contributed by atoms with Crippen LogP contribution in [0.3, 0.4) is 0 Å². The zero-order chi connectivity index (χ0) is 11.6. The van der Waals surface area contributed by atoms with Crippen molar-refractivity contribution in [1.82, 2.24) is 0 Å². The minimum Gasteiger partial charge on any atom is -0.480 e. The third-order valence-corrected chi connectivity index (χ3v) is 1.81. The van der Waals surface area contributed by atoms with Gasteiger partial charge in [-0.05, 0) is 18.9 Å². The second kappa shape index (κ2) is 10.5. The van der Waals surface area contributed by atoms with E-state index in [1.807, 2.05) is 0 Å². The molecule has 0 saturated heterocycles. The van der Waals surface area contributed by atoms with E-state index in [4.69, 9.17) is 16.6 Å². The second-order valence-corrected chi connectivity index (χ2v) is 3.60. The van der Waals surface area contributed by atoms with Crippen LogP contribution in [0.1, 0.15) is 40.0 Å². The lowest BCUT2D eigenvalue weighted by molar-refractivity contribution is -0.139. The van der Waals surface area contributed by atoms with E-state index < -0.39 is 12.0 Å². The molecule has 1 atom stereocenters. The molecule has 0 fully saturated rings. The number of nitrogens with two attached hydrogens (primary N) is 2. The van der Waals surface area contributed by atoms with Crippen LogP contribution in [-0.2, 0) is 4.79 Å². The largest absolute Gasteiger partial charge is 0.480 e. The molecule has 0 aliphatic heterocycles. The Hall–Kier alpha value is -0.610. The monoisotopic (exact) mass is 204 g/mol. The van der Waals surface area contributed by atoms with Gasteiger partial charge in [-0.1, -0.05) is 33.6 Å². The first-order chi connectivity index (χ1) is 6.47. The lowest BCUT2D eigenvalue weighted by Gasteiger charge is -2.07. The molecule has 0 spiro atoms. The molecule has 0 saturated carbocycles. The summed E-state index contributed by atoms with van der Waals surface area (Å²) in [6.07, 6.45) is 3.75. The van der Waals surface area contributed by atoms with Crippen molar-refractivity contribution in [3.05, 3.63) is 0 Å². The molecule has 1 unspecified atom stereocenters. The number of carbonyl (C=O) groups is 1. The molecule has 86 valence electrons. The van der Waals surface area contributed by atoms with Gasteiger partial charge in [-0.15, -0.1) is 0 Å². The smallest absolute Gasteiger partial charge is 0.320 e. The molecule has 0 rings (SSSR count). The van der Waals surface area contributed by atoms with Crippen LogP contribution in [0.5, 0.6) is 0 Å². The summed E-state index contributed by atoms with van der Waals surface area (Å²) in [7, 11) is 0. The maximum Gasteiger partial charge on any atom is 0.320 e.